The number of methoxy groups -OCH3 is 1. The van der Waals surface area contributed by atoms with Crippen LogP contribution in [0.4, 0.5) is 5.69 Å². The Morgan fingerprint density at radius 3 is 2.20 bits per heavy atom. The highest BCUT2D eigenvalue weighted by atomic mass is 35.5. The first kappa shape index (κ1) is 32.5. The molecule has 2 amide bonds. The summed E-state index contributed by atoms with van der Waals surface area (Å²) in [7, 11) is -2.61. The molecule has 0 unspecified atom stereocenters. The van der Waals surface area contributed by atoms with Gasteiger partial charge >= 0.3 is 0 Å². The molecule has 3 aromatic rings. The predicted molar refractivity (Wildman–Crippen MR) is 164 cm³/mol. The number of ether oxygens (including phenoxy) is 1. The largest absolute Gasteiger partial charge is 0.495 e. The Morgan fingerprint density at radius 1 is 0.927 bits per heavy atom. The highest BCUT2D eigenvalue weighted by Crippen LogP contribution is 2.33. The van der Waals surface area contributed by atoms with Gasteiger partial charge in [-0.15, -0.1) is 0 Å². The zero-order chi connectivity index (χ0) is 30.3. The van der Waals surface area contributed by atoms with Gasteiger partial charge in [0.25, 0.3) is 0 Å². The molecule has 0 radical (unpaired) electrons. The van der Waals surface area contributed by atoms with Crippen LogP contribution < -0.4 is 14.4 Å². The maximum atomic E-state index is 14.1. The molecule has 0 heterocycles. The van der Waals surface area contributed by atoms with Crippen molar-refractivity contribution in [1.29, 1.82) is 0 Å². The Hall–Kier alpha value is -2.98. The van der Waals surface area contributed by atoms with Gasteiger partial charge in [-0.05, 0) is 55.3 Å². The van der Waals surface area contributed by atoms with Gasteiger partial charge in [-0.3, -0.25) is 13.9 Å². The number of nitrogens with one attached hydrogen (secondary N) is 1. The van der Waals surface area contributed by atoms with Crippen LogP contribution in [0.3, 0.4) is 0 Å². The Kier molecular flexibility index (Phi) is 11.3. The number of benzene rings is 3. The lowest BCUT2D eigenvalue weighted by molar-refractivity contribution is -0.140. The minimum Gasteiger partial charge on any atom is -0.495 e. The second-order valence-corrected chi connectivity index (χ2v) is 12.9. The molecular weight excluding hydrogens is 609 g/mol. The van der Waals surface area contributed by atoms with Gasteiger partial charge in [0.15, 0.2) is 0 Å². The SMILES string of the molecule is COc1ccc(Cl)cc1N(CC(=O)N(Cc1ccc(Cl)c(Cl)c1)[C@H](Cc1ccccc1)C(=O)NC(C)C)S(C)(=O)=O. The zero-order valence-electron chi connectivity index (χ0n) is 23.1. The molecule has 1 N–H and O–H groups in total. The number of anilines is 1. The fraction of sp³-hybridized carbons (Fsp3) is 0.310. The Morgan fingerprint density at radius 2 is 1.61 bits per heavy atom. The molecule has 0 fully saturated rings. The molecule has 220 valence electrons. The molecule has 0 spiro atoms. The van der Waals surface area contributed by atoms with Crippen LogP contribution >= 0.6 is 34.8 Å². The molecule has 1 atom stereocenters. The van der Waals surface area contributed by atoms with Gasteiger partial charge < -0.3 is 15.0 Å². The number of sulfonamides is 1. The van der Waals surface area contributed by atoms with E-state index in [1.165, 1.54) is 24.1 Å². The molecule has 3 aromatic carbocycles. The molecule has 3 rings (SSSR count). The minimum absolute atomic E-state index is 0.0387. The fourth-order valence-corrected chi connectivity index (χ4v) is 5.55. The Labute approximate surface area is 256 Å². The maximum absolute atomic E-state index is 14.1. The normalized spacial score (nSPS) is 12.1. The molecule has 12 heteroatoms. The zero-order valence-corrected chi connectivity index (χ0v) is 26.2. The van der Waals surface area contributed by atoms with Crippen LogP contribution in [0, 0.1) is 0 Å². The third-order valence-electron chi connectivity index (χ3n) is 6.13. The van der Waals surface area contributed by atoms with Crippen LogP contribution in [0.1, 0.15) is 25.0 Å². The average molecular weight is 641 g/mol. The summed E-state index contributed by atoms with van der Waals surface area (Å²) in [5.41, 5.74) is 1.52. The van der Waals surface area contributed by atoms with E-state index in [4.69, 9.17) is 39.5 Å². The van der Waals surface area contributed by atoms with E-state index in [2.05, 4.69) is 5.32 Å². The lowest BCUT2D eigenvalue weighted by Gasteiger charge is -2.34. The van der Waals surface area contributed by atoms with Crippen molar-refractivity contribution in [2.24, 2.45) is 0 Å². The van der Waals surface area contributed by atoms with Gasteiger partial charge in [-0.2, -0.15) is 0 Å². The molecule has 0 aliphatic rings. The van der Waals surface area contributed by atoms with E-state index in [-0.39, 0.29) is 46.4 Å². The Bertz CT molecular complexity index is 1490. The molecule has 0 saturated carbocycles. The summed E-state index contributed by atoms with van der Waals surface area (Å²) >= 11 is 18.6. The van der Waals surface area contributed by atoms with Crippen molar-refractivity contribution in [1.82, 2.24) is 10.2 Å². The number of hydrogen-bond donors (Lipinski definition) is 1. The van der Waals surface area contributed by atoms with Crippen molar-refractivity contribution in [3.05, 3.63) is 92.9 Å². The number of carbonyl (C=O) groups excluding carboxylic acids is 2. The van der Waals surface area contributed by atoms with Crippen molar-refractivity contribution < 1.29 is 22.7 Å². The molecule has 0 aliphatic heterocycles. The van der Waals surface area contributed by atoms with E-state index in [1.54, 1.807) is 24.3 Å². The molecule has 0 aliphatic carbocycles. The number of rotatable bonds is 12. The minimum atomic E-state index is -4.00. The number of nitrogens with zero attached hydrogens (tertiary/aromatic N) is 2. The second-order valence-electron chi connectivity index (χ2n) is 9.72. The molecule has 0 saturated heterocycles. The quantitative estimate of drug-likeness (QED) is 0.279. The van der Waals surface area contributed by atoms with Crippen LogP contribution in [0.25, 0.3) is 0 Å². The van der Waals surface area contributed by atoms with E-state index in [9.17, 15) is 18.0 Å². The van der Waals surface area contributed by atoms with E-state index < -0.39 is 28.5 Å². The summed E-state index contributed by atoms with van der Waals surface area (Å²) in [6.07, 6.45) is 1.17. The molecule has 0 bridgehead atoms. The van der Waals surface area contributed by atoms with E-state index in [1.807, 2.05) is 44.2 Å². The third kappa shape index (κ3) is 9.00. The summed E-state index contributed by atoms with van der Waals surface area (Å²) in [6.45, 7) is 2.99. The van der Waals surface area contributed by atoms with Crippen LogP contribution in [-0.2, 0) is 32.6 Å². The van der Waals surface area contributed by atoms with Gasteiger partial charge in [0.2, 0.25) is 21.8 Å². The number of halogens is 3. The van der Waals surface area contributed by atoms with Gasteiger partial charge in [-0.25, -0.2) is 8.42 Å². The van der Waals surface area contributed by atoms with Gasteiger partial charge in [0.05, 0.1) is 29.1 Å². The van der Waals surface area contributed by atoms with E-state index in [0.717, 1.165) is 16.1 Å². The lowest BCUT2D eigenvalue weighted by Crippen LogP contribution is -2.54. The average Bonchev–Trinajstić information content (AvgIpc) is 2.90. The summed E-state index contributed by atoms with van der Waals surface area (Å²) in [5.74, 6) is -0.797. The van der Waals surface area contributed by atoms with Crippen molar-refractivity contribution in [3.8, 4) is 5.75 Å². The van der Waals surface area contributed by atoms with E-state index in [0.29, 0.717) is 10.6 Å². The first-order valence-electron chi connectivity index (χ1n) is 12.7. The topological polar surface area (TPSA) is 96.0 Å². The van der Waals surface area contributed by atoms with Crippen LogP contribution in [0.15, 0.2) is 66.7 Å². The predicted octanol–water partition coefficient (Wildman–Crippen LogP) is 5.59. The van der Waals surface area contributed by atoms with Crippen LogP contribution in [0.2, 0.25) is 15.1 Å². The number of amides is 2. The first-order valence-corrected chi connectivity index (χ1v) is 15.7. The van der Waals surface area contributed by atoms with Gasteiger partial charge in [0, 0.05) is 24.0 Å². The summed E-state index contributed by atoms with van der Waals surface area (Å²) in [4.78, 5) is 29.1. The van der Waals surface area contributed by atoms with Crippen LogP contribution in [-0.4, -0.2) is 57.1 Å². The van der Waals surface area contributed by atoms with Crippen molar-refractivity contribution >= 4 is 62.3 Å². The fourth-order valence-electron chi connectivity index (χ4n) is 4.22. The smallest absolute Gasteiger partial charge is 0.244 e. The van der Waals surface area contributed by atoms with Gasteiger partial charge in [0.1, 0.15) is 18.3 Å². The second kappa shape index (κ2) is 14.3. The first-order chi connectivity index (χ1) is 19.3. The van der Waals surface area contributed by atoms with Crippen LogP contribution in [0.5, 0.6) is 5.75 Å². The number of hydrogen-bond acceptors (Lipinski definition) is 5. The molecule has 8 nitrogen and oxygen atoms in total. The highest BCUT2D eigenvalue weighted by molar-refractivity contribution is 7.92. The highest BCUT2D eigenvalue weighted by Gasteiger charge is 2.34. The summed E-state index contributed by atoms with van der Waals surface area (Å²) < 4.78 is 32.3. The lowest BCUT2D eigenvalue weighted by atomic mass is 10.0. The summed E-state index contributed by atoms with van der Waals surface area (Å²) in [6, 6.07) is 17.5. The third-order valence-corrected chi connectivity index (χ3v) is 8.23. The molecule has 41 heavy (non-hydrogen) atoms. The monoisotopic (exact) mass is 639 g/mol. The maximum Gasteiger partial charge on any atom is 0.244 e. The molecular formula is C29H32Cl3N3O5S. The van der Waals surface area contributed by atoms with Crippen molar-refractivity contribution in [2.75, 3.05) is 24.2 Å². The number of carbonyl (C=O) groups is 2. The van der Waals surface area contributed by atoms with E-state index >= 15 is 0 Å². The van der Waals surface area contributed by atoms with Crippen molar-refractivity contribution in [2.45, 2.75) is 38.9 Å². The van der Waals surface area contributed by atoms with Crippen molar-refractivity contribution in [3.63, 3.8) is 0 Å². The Balaban J connectivity index is 2.12. The standard InChI is InChI=1S/C29H32Cl3N3O5S/c1-19(2)33-29(37)26(15-20-8-6-5-7-9-20)34(17-21-10-12-23(31)24(32)14-21)28(36)18-35(41(4,38)39)25-16-22(30)11-13-27(25)40-3/h5-14,16,19,26H,15,17-18H2,1-4H3,(H,33,37)/t26-/m1/s1. The summed E-state index contributed by atoms with van der Waals surface area (Å²) in [5, 5.41) is 3.77. The van der Waals surface area contributed by atoms with Gasteiger partial charge in [-0.1, -0.05) is 71.2 Å². The molecule has 0 aromatic heterocycles.